The van der Waals surface area contributed by atoms with Gasteiger partial charge in [-0.05, 0) is 18.4 Å². The third-order valence-electron chi connectivity index (χ3n) is 2.94. The Morgan fingerprint density at radius 1 is 1.56 bits per heavy atom. The van der Waals surface area contributed by atoms with Gasteiger partial charge >= 0.3 is 0 Å². The highest BCUT2D eigenvalue weighted by molar-refractivity contribution is 7.09. The van der Waals surface area contributed by atoms with Crippen molar-refractivity contribution in [3.8, 4) is 0 Å². The Hall–Kier alpha value is -1.20. The van der Waals surface area contributed by atoms with Gasteiger partial charge in [0.25, 0.3) is 0 Å². The van der Waals surface area contributed by atoms with Crippen LogP contribution in [0.3, 0.4) is 0 Å². The Labute approximate surface area is 98.3 Å². The van der Waals surface area contributed by atoms with Gasteiger partial charge in [-0.1, -0.05) is 6.07 Å². The van der Waals surface area contributed by atoms with Crippen molar-refractivity contribution in [2.24, 2.45) is 0 Å². The Bertz CT molecular complexity index is 474. The molecule has 0 amide bonds. The molecule has 0 radical (unpaired) electrons. The topological polar surface area (TPSA) is 42.7 Å². The van der Waals surface area contributed by atoms with Crippen LogP contribution in [0.5, 0.6) is 0 Å². The number of aromatic nitrogens is 3. The lowest BCUT2D eigenvalue weighted by atomic mass is 10.2. The van der Waals surface area contributed by atoms with Gasteiger partial charge in [0.05, 0.1) is 6.04 Å². The molecule has 2 aromatic rings. The molecular formula is C11H14N4S. The Kier molecular flexibility index (Phi) is 2.49. The van der Waals surface area contributed by atoms with E-state index in [1.54, 1.807) is 11.3 Å². The van der Waals surface area contributed by atoms with E-state index in [-0.39, 0.29) is 0 Å². The molecule has 2 aromatic heterocycles. The van der Waals surface area contributed by atoms with Gasteiger partial charge < -0.3 is 9.88 Å². The van der Waals surface area contributed by atoms with E-state index in [0.29, 0.717) is 6.04 Å². The maximum absolute atomic E-state index is 4.30. The van der Waals surface area contributed by atoms with Crippen LogP contribution in [0.2, 0.25) is 0 Å². The molecule has 1 aliphatic rings. The van der Waals surface area contributed by atoms with E-state index in [1.807, 2.05) is 0 Å². The molecular weight excluding hydrogens is 220 g/mol. The Morgan fingerprint density at radius 3 is 3.31 bits per heavy atom. The van der Waals surface area contributed by atoms with Gasteiger partial charge in [0.15, 0.2) is 0 Å². The molecule has 1 aliphatic heterocycles. The molecule has 0 spiro atoms. The molecule has 1 N–H and O–H groups in total. The van der Waals surface area contributed by atoms with Crippen LogP contribution in [0.1, 0.15) is 29.5 Å². The SMILES string of the molecule is CC1NCCn2c(Cc3cccs3)nnc21. The van der Waals surface area contributed by atoms with Gasteiger partial charge in [-0.15, -0.1) is 21.5 Å². The number of fused-ring (bicyclic) bond motifs is 1. The van der Waals surface area contributed by atoms with Gasteiger partial charge in [-0.25, -0.2) is 0 Å². The highest BCUT2D eigenvalue weighted by atomic mass is 32.1. The van der Waals surface area contributed by atoms with Gasteiger partial charge in [-0.3, -0.25) is 0 Å². The fraction of sp³-hybridized carbons (Fsp3) is 0.455. The summed E-state index contributed by atoms with van der Waals surface area (Å²) < 4.78 is 2.25. The summed E-state index contributed by atoms with van der Waals surface area (Å²) >= 11 is 1.78. The first-order valence-corrected chi connectivity index (χ1v) is 6.40. The Morgan fingerprint density at radius 2 is 2.50 bits per heavy atom. The van der Waals surface area contributed by atoms with E-state index in [4.69, 9.17) is 0 Å². The second kappa shape index (κ2) is 3.99. The maximum atomic E-state index is 4.30. The minimum absolute atomic E-state index is 0.318. The lowest BCUT2D eigenvalue weighted by Gasteiger charge is -2.21. The van der Waals surface area contributed by atoms with E-state index < -0.39 is 0 Å². The highest BCUT2D eigenvalue weighted by Gasteiger charge is 2.21. The van der Waals surface area contributed by atoms with Crippen LogP contribution < -0.4 is 5.32 Å². The molecule has 0 aromatic carbocycles. The number of nitrogens with zero attached hydrogens (tertiary/aromatic N) is 3. The van der Waals surface area contributed by atoms with Crippen LogP contribution >= 0.6 is 11.3 Å². The smallest absolute Gasteiger partial charge is 0.149 e. The maximum Gasteiger partial charge on any atom is 0.149 e. The zero-order chi connectivity index (χ0) is 11.0. The van der Waals surface area contributed by atoms with Crippen molar-refractivity contribution in [1.29, 1.82) is 0 Å². The van der Waals surface area contributed by atoms with Crippen LogP contribution in [0.25, 0.3) is 0 Å². The summed E-state index contributed by atoms with van der Waals surface area (Å²) in [5.74, 6) is 2.16. The summed E-state index contributed by atoms with van der Waals surface area (Å²) in [6, 6.07) is 4.55. The lowest BCUT2D eigenvalue weighted by Crippen LogP contribution is -2.32. The van der Waals surface area contributed by atoms with Gasteiger partial charge in [0, 0.05) is 24.4 Å². The summed E-state index contributed by atoms with van der Waals surface area (Å²) in [7, 11) is 0. The number of thiophene rings is 1. The van der Waals surface area contributed by atoms with E-state index in [0.717, 1.165) is 31.2 Å². The third kappa shape index (κ3) is 1.66. The first-order chi connectivity index (χ1) is 7.84. The monoisotopic (exact) mass is 234 g/mol. The number of hydrogen-bond acceptors (Lipinski definition) is 4. The van der Waals surface area contributed by atoms with Crippen LogP contribution in [0.15, 0.2) is 17.5 Å². The molecule has 3 rings (SSSR count). The normalized spacial score (nSPS) is 19.7. The molecule has 3 heterocycles. The highest BCUT2D eigenvalue weighted by Crippen LogP contribution is 2.19. The first kappa shape index (κ1) is 9.99. The third-order valence-corrected chi connectivity index (χ3v) is 3.82. The zero-order valence-corrected chi connectivity index (χ0v) is 10.00. The van der Waals surface area contributed by atoms with Crippen molar-refractivity contribution in [3.63, 3.8) is 0 Å². The van der Waals surface area contributed by atoms with Crippen molar-refractivity contribution < 1.29 is 0 Å². The van der Waals surface area contributed by atoms with Crippen LogP contribution in [-0.2, 0) is 13.0 Å². The molecule has 0 aliphatic carbocycles. The average molecular weight is 234 g/mol. The van der Waals surface area contributed by atoms with Crippen molar-refractivity contribution in [2.75, 3.05) is 6.54 Å². The number of hydrogen-bond donors (Lipinski definition) is 1. The predicted octanol–water partition coefficient (Wildman–Crippen LogP) is 1.59. The van der Waals surface area contributed by atoms with Crippen molar-refractivity contribution in [1.82, 2.24) is 20.1 Å². The molecule has 0 saturated heterocycles. The van der Waals surface area contributed by atoms with E-state index in [2.05, 4.69) is 44.5 Å². The molecule has 84 valence electrons. The minimum Gasteiger partial charge on any atom is -0.312 e. The van der Waals surface area contributed by atoms with E-state index >= 15 is 0 Å². The van der Waals surface area contributed by atoms with Crippen molar-refractivity contribution in [2.45, 2.75) is 25.9 Å². The van der Waals surface area contributed by atoms with Crippen molar-refractivity contribution in [3.05, 3.63) is 34.0 Å². The quantitative estimate of drug-likeness (QED) is 0.858. The van der Waals surface area contributed by atoms with E-state index in [1.165, 1.54) is 4.88 Å². The summed E-state index contributed by atoms with van der Waals surface area (Å²) in [5, 5.41) is 14.1. The minimum atomic E-state index is 0.318. The average Bonchev–Trinajstić information content (AvgIpc) is 2.90. The second-order valence-corrected chi connectivity index (χ2v) is 5.09. The van der Waals surface area contributed by atoms with Crippen LogP contribution in [0, 0.1) is 0 Å². The van der Waals surface area contributed by atoms with Gasteiger partial charge in [-0.2, -0.15) is 0 Å². The van der Waals surface area contributed by atoms with Crippen LogP contribution in [0.4, 0.5) is 0 Å². The molecule has 0 saturated carbocycles. The molecule has 1 atom stereocenters. The summed E-state index contributed by atoms with van der Waals surface area (Å²) in [6.07, 6.45) is 0.900. The molecule has 5 heteroatoms. The van der Waals surface area contributed by atoms with Crippen LogP contribution in [-0.4, -0.2) is 21.3 Å². The summed E-state index contributed by atoms with van der Waals surface area (Å²) in [6.45, 7) is 4.12. The second-order valence-electron chi connectivity index (χ2n) is 4.06. The molecule has 0 fully saturated rings. The van der Waals surface area contributed by atoms with Crippen molar-refractivity contribution >= 4 is 11.3 Å². The van der Waals surface area contributed by atoms with Gasteiger partial charge in [0.1, 0.15) is 11.6 Å². The fourth-order valence-electron chi connectivity index (χ4n) is 2.10. The van der Waals surface area contributed by atoms with E-state index in [9.17, 15) is 0 Å². The molecule has 4 nitrogen and oxygen atoms in total. The summed E-state index contributed by atoms with van der Waals surface area (Å²) in [5.41, 5.74) is 0. The predicted molar refractivity (Wildman–Crippen MR) is 63.6 cm³/mol. The molecule has 1 unspecified atom stereocenters. The Balaban J connectivity index is 1.91. The van der Waals surface area contributed by atoms with Gasteiger partial charge in [0.2, 0.25) is 0 Å². The number of rotatable bonds is 2. The number of nitrogens with one attached hydrogen (secondary N) is 1. The molecule has 16 heavy (non-hydrogen) atoms. The first-order valence-electron chi connectivity index (χ1n) is 5.52. The zero-order valence-electron chi connectivity index (χ0n) is 9.18. The fourth-order valence-corrected chi connectivity index (χ4v) is 2.80. The molecule has 0 bridgehead atoms. The largest absolute Gasteiger partial charge is 0.312 e. The lowest BCUT2D eigenvalue weighted by molar-refractivity contribution is 0.431. The summed E-state index contributed by atoms with van der Waals surface area (Å²) in [4.78, 5) is 1.35. The standard InChI is InChI=1S/C11H14N4S/c1-8-11-14-13-10(15(11)5-4-12-8)7-9-3-2-6-16-9/h2-3,6,8,12H,4-5,7H2,1H3.